The Bertz CT molecular complexity index is 837. The summed E-state index contributed by atoms with van der Waals surface area (Å²) in [7, 11) is 0.536. The smallest absolute Gasteiger partial charge is 0.292 e. The molecule has 8 heteroatoms. The van der Waals surface area contributed by atoms with Gasteiger partial charge in [-0.3, -0.25) is 10.1 Å². The van der Waals surface area contributed by atoms with Crippen molar-refractivity contribution in [1.82, 2.24) is 4.90 Å². The molecule has 0 aliphatic carbocycles. The highest BCUT2D eigenvalue weighted by Crippen LogP contribution is 2.42. The molecule has 1 aromatic carbocycles. The van der Waals surface area contributed by atoms with E-state index in [0.717, 1.165) is 51.2 Å². The molecule has 0 aromatic heterocycles. The van der Waals surface area contributed by atoms with Gasteiger partial charge in [-0.25, -0.2) is 0 Å². The van der Waals surface area contributed by atoms with Crippen LogP contribution in [-0.2, 0) is 4.43 Å². The molecule has 2 saturated heterocycles. The van der Waals surface area contributed by atoms with Gasteiger partial charge in [0.1, 0.15) is 5.69 Å². The molecular weight excluding hydrogens is 456 g/mol. The Hall–Kier alpha value is -1.64. The minimum absolute atomic E-state index is 0.166. The monoisotopic (exact) mass is 504 g/mol. The number of nitro benzene ring substituents is 1. The quantitative estimate of drug-likeness (QED) is 0.169. The highest BCUT2D eigenvalue weighted by atomic mass is 28.4. The lowest BCUT2D eigenvalue weighted by molar-refractivity contribution is -0.383. The minimum Gasteiger partial charge on any atom is -0.417 e. The van der Waals surface area contributed by atoms with E-state index in [4.69, 9.17) is 4.43 Å². The van der Waals surface area contributed by atoms with Gasteiger partial charge in [0.2, 0.25) is 0 Å². The van der Waals surface area contributed by atoms with Crippen molar-refractivity contribution in [2.45, 2.75) is 83.8 Å². The van der Waals surface area contributed by atoms with Crippen LogP contribution in [-0.4, -0.2) is 64.5 Å². The highest BCUT2D eigenvalue weighted by Gasteiger charge is 2.37. The van der Waals surface area contributed by atoms with Crippen LogP contribution in [0, 0.1) is 15.5 Å². The fourth-order valence-corrected chi connectivity index (χ4v) is 6.11. The maximum absolute atomic E-state index is 11.6. The van der Waals surface area contributed by atoms with E-state index in [-0.39, 0.29) is 15.6 Å². The molecule has 3 rings (SSSR count). The summed E-state index contributed by atoms with van der Waals surface area (Å²) < 4.78 is 6.26. The highest BCUT2D eigenvalue weighted by molar-refractivity contribution is 6.74. The number of unbranched alkanes of at least 4 members (excludes halogenated alkanes) is 2. The fourth-order valence-electron chi connectivity index (χ4n) is 5.02. The average molecular weight is 505 g/mol. The Kier molecular flexibility index (Phi) is 9.26. The van der Waals surface area contributed by atoms with Crippen LogP contribution in [0.4, 0.5) is 17.1 Å². The Morgan fingerprint density at radius 1 is 1.06 bits per heavy atom. The Morgan fingerprint density at radius 2 is 1.69 bits per heavy atom. The zero-order chi connectivity index (χ0) is 25.7. The lowest BCUT2D eigenvalue weighted by Gasteiger charge is -2.46. The molecule has 1 spiro atoms. The first-order valence-electron chi connectivity index (χ1n) is 13.5. The van der Waals surface area contributed by atoms with Gasteiger partial charge in [0.15, 0.2) is 8.32 Å². The first-order valence-corrected chi connectivity index (χ1v) is 16.4. The summed E-state index contributed by atoms with van der Waals surface area (Å²) in [4.78, 5) is 16.2. The molecule has 2 fully saturated rings. The summed E-state index contributed by atoms with van der Waals surface area (Å²) in [5.41, 5.74) is 2.41. The van der Waals surface area contributed by atoms with Crippen LogP contribution in [0.1, 0.15) is 65.7 Å². The largest absolute Gasteiger partial charge is 0.417 e. The molecule has 35 heavy (non-hydrogen) atoms. The summed E-state index contributed by atoms with van der Waals surface area (Å²) in [6.07, 6.45) is 8.09. The lowest BCUT2D eigenvalue weighted by Crippen LogP contribution is -2.46. The van der Waals surface area contributed by atoms with Gasteiger partial charge < -0.3 is 19.5 Å². The second-order valence-corrected chi connectivity index (χ2v) is 17.2. The van der Waals surface area contributed by atoms with E-state index in [1.807, 2.05) is 12.1 Å². The molecule has 2 aliphatic rings. The van der Waals surface area contributed by atoms with Crippen molar-refractivity contribution in [3.05, 3.63) is 28.3 Å². The second-order valence-electron chi connectivity index (χ2n) is 12.3. The van der Waals surface area contributed by atoms with Crippen molar-refractivity contribution in [1.29, 1.82) is 0 Å². The van der Waals surface area contributed by atoms with Gasteiger partial charge in [-0.05, 0) is 101 Å². The fraction of sp³-hybridized carbons (Fsp3) is 0.778. The van der Waals surface area contributed by atoms with Crippen LogP contribution in [0.2, 0.25) is 18.1 Å². The van der Waals surface area contributed by atoms with Crippen molar-refractivity contribution < 1.29 is 9.35 Å². The molecule has 0 saturated carbocycles. The topological polar surface area (TPSA) is 70.9 Å². The van der Waals surface area contributed by atoms with E-state index in [1.165, 1.54) is 38.8 Å². The van der Waals surface area contributed by atoms with Crippen molar-refractivity contribution >= 4 is 25.4 Å². The third-order valence-electron chi connectivity index (χ3n) is 8.82. The first-order chi connectivity index (χ1) is 16.4. The number of piperidine rings is 2. The van der Waals surface area contributed by atoms with E-state index in [0.29, 0.717) is 11.1 Å². The predicted octanol–water partition coefficient (Wildman–Crippen LogP) is 6.51. The van der Waals surface area contributed by atoms with E-state index < -0.39 is 8.32 Å². The molecular formula is C27H48N4O3Si. The number of rotatable bonds is 10. The molecule has 2 heterocycles. The van der Waals surface area contributed by atoms with E-state index in [9.17, 15) is 10.1 Å². The number of nitrogens with zero attached hydrogens (tertiary/aromatic N) is 3. The molecule has 0 amide bonds. The normalized spacial score (nSPS) is 19.2. The maximum Gasteiger partial charge on any atom is 0.292 e. The molecule has 7 nitrogen and oxygen atoms in total. The number of anilines is 2. The van der Waals surface area contributed by atoms with Crippen LogP contribution in [0.3, 0.4) is 0 Å². The number of benzene rings is 1. The average Bonchev–Trinajstić information content (AvgIpc) is 2.80. The van der Waals surface area contributed by atoms with Gasteiger partial charge in [-0.2, -0.15) is 0 Å². The van der Waals surface area contributed by atoms with Crippen LogP contribution in [0.25, 0.3) is 0 Å². The third kappa shape index (κ3) is 7.43. The number of likely N-dealkylation sites (tertiary alicyclic amines) is 1. The van der Waals surface area contributed by atoms with Crippen molar-refractivity contribution in [3.63, 3.8) is 0 Å². The van der Waals surface area contributed by atoms with E-state index in [1.54, 1.807) is 6.07 Å². The zero-order valence-electron chi connectivity index (χ0n) is 23.0. The van der Waals surface area contributed by atoms with Crippen molar-refractivity contribution in [2.24, 2.45) is 5.41 Å². The molecule has 2 aliphatic heterocycles. The Balaban J connectivity index is 1.48. The molecule has 1 aromatic rings. The predicted molar refractivity (Wildman–Crippen MR) is 149 cm³/mol. The number of hydrogen-bond donors (Lipinski definition) is 1. The summed E-state index contributed by atoms with van der Waals surface area (Å²) >= 11 is 0. The first kappa shape index (κ1) is 27.9. The second kappa shape index (κ2) is 11.6. The van der Waals surface area contributed by atoms with Crippen LogP contribution >= 0.6 is 0 Å². The van der Waals surface area contributed by atoms with Crippen LogP contribution < -0.4 is 10.2 Å². The molecule has 0 radical (unpaired) electrons. The van der Waals surface area contributed by atoms with Gasteiger partial charge >= 0.3 is 0 Å². The van der Waals surface area contributed by atoms with Gasteiger partial charge in [-0.1, -0.05) is 20.8 Å². The molecule has 0 unspecified atom stereocenters. The van der Waals surface area contributed by atoms with Crippen molar-refractivity contribution in [2.75, 3.05) is 56.6 Å². The number of nitrogens with one attached hydrogen (secondary N) is 1. The van der Waals surface area contributed by atoms with Gasteiger partial charge in [0, 0.05) is 38.0 Å². The maximum atomic E-state index is 11.6. The van der Waals surface area contributed by atoms with Gasteiger partial charge in [0.05, 0.1) is 4.92 Å². The Labute approximate surface area is 213 Å². The third-order valence-corrected chi connectivity index (χ3v) is 13.4. The van der Waals surface area contributed by atoms with Crippen molar-refractivity contribution in [3.8, 4) is 0 Å². The lowest BCUT2D eigenvalue weighted by atomic mass is 9.71. The van der Waals surface area contributed by atoms with Gasteiger partial charge in [-0.15, -0.1) is 0 Å². The molecule has 0 atom stereocenters. The Morgan fingerprint density at radius 3 is 2.29 bits per heavy atom. The molecule has 198 valence electrons. The van der Waals surface area contributed by atoms with E-state index in [2.05, 4.69) is 56.0 Å². The summed E-state index contributed by atoms with van der Waals surface area (Å²) in [5.74, 6) is 0. The summed E-state index contributed by atoms with van der Waals surface area (Å²) in [6, 6.07) is 5.59. The standard InChI is InChI=1S/C27H48N4O3Si/c1-26(2,3)35(5,6)34-21-9-7-8-16-28-24-22-23(10-11-25(24)31(32)33)30-19-14-27(15-20-30)12-17-29(4)18-13-27/h10-11,22,28H,7-9,12-21H2,1-6H3. The number of hydrogen-bond acceptors (Lipinski definition) is 6. The van der Waals surface area contributed by atoms with Gasteiger partial charge in [0.25, 0.3) is 5.69 Å². The summed E-state index contributed by atoms with van der Waals surface area (Å²) in [6.45, 7) is 17.4. The number of nitro groups is 1. The molecule has 0 bridgehead atoms. The van der Waals surface area contributed by atoms with Crippen LogP contribution in [0.5, 0.6) is 0 Å². The van der Waals surface area contributed by atoms with E-state index >= 15 is 0 Å². The molecule has 1 N–H and O–H groups in total. The minimum atomic E-state index is -1.68. The zero-order valence-corrected chi connectivity index (χ0v) is 24.0. The van der Waals surface area contributed by atoms with Crippen LogP contribution in [0.15, 0.2) is 18.2 Å². The summed E-state index contributed by atoms with van der Waals surface area (Å²) in [5, 5.41) is 15.2. The SMILES string of the molecule is CN1CCC2(CC1)CCN(c1ccc([N+](=O)[O-])c(NCCCCCO[Si](C)(C)C(C)(C)C)c1)CC2.